The van der Waals surface area contributed by atoms with Crippen LogP contribution in [0.3, 0.4) is 0 Å². The maximum absolute atomic E-state index is 13.6. The Kier molecular flexibility index (Phi) is 5.33. The van der Waals surface area contributed by atoms with Gasteiger partial charge in [0.25, 0.3) is 11.1 Å². The molecule has 2 heterocycles. The van der Waals surface area contributed by atoms with Crippen LogP contribution in [0.5, 0.6) is 0 Å². The zero-order chi connectivity index (χ0) is 22.2. The van der Waals surface area contributed by atoms with Crippen molar-refractivity contribution in [2.45, 2.75) is 6.54 Å². The molecule has 0 aliphatic carbocycles. The Morgan fingerprint density at radius 2 is 1.75 bits per heavy atom. The summed E-state index contributed by atoms with van der Waals surface area (Å²) in [6.07, 6.45) is 3.64. The predicted octanol–water partition coefficient (Wildman–Crippen LogP) is 6.72. The third-order valence-corrected chi connectivity index (χ3v) is 6.42. The molecule has 4 nitrogen and oxygen atoms in total. The predicted molar refractivity (Wildman–Crippen MR) is 127 cm³/mol. The molecule has 0 radical (unpaired) electrons. The molecule has 0 atom stereocenters. The molecule has 4 aromatic rings. The largest absolute Gasteiger partial charge is 0.342 e. The summed E-state index contributed by atoms with van der Waals surface area (Å²) < 4.78 is 15.6. The summed E-state index contributed by atoms with van der Waals surface area (Å²) in [4.78, 5) is 27.1. The number of benzene rings is 3. The number of imide groups is 1. The lowest BCUT2D eigenvalue weighted by Crippen LogP contribution is -2.27. The van der Waals surface area contributed by atoms with E-state index in [2.05, 4.69) is 0 Å². The fraction of sp³-hybridized carbons (Fsp3) is 0.0400. The van der Waals surface area contributed by atoms with E-state index in [1.54, 1.807) is 36.4 Å². The molecule has 0 saturated carbocycles. The van der Waals surface area contributed by atoms with Gasteiger partial charge in [-0.1, -0.05) is 54.1 Å². The number of amides is 2. The van der Waals surface area contributed by atoms with Crippen molar-refractivity contribution in [1.82, 2.24) is 4.57 Å². The van der Waals surface area contributed by atoms with Crippen molar-refractivity contribution in [2.75, 3.05) is 4.90 Å². The van der Waals surface area contributed by atoms with Crippen molar-refractivity contribution in [3.8, 4) is 0 Å². The SMILES string of the molecule is O=C1S/C(=C\c2cn(Cc3cccc(F)c3)c3ccccc23)C(=O)N1c1ccccc1Cl. The average molecular weight is 463 g/mol. The first-order valence-electron chi connectivity index (χ1n) is 9.86. The maximum atomic E-state index is 13.6. The third kappa shape index (κ3) is 3.72. The fourth-order valence-corrected chi connectivity index (χ4v) is 4.85. The lowest BCUT2D eigenvalue weighted by atomic mass is 10.1. The van der Waals surface area contributed by atoms with E-state index in [0.717, 1.165) is 38.7 Å². The van der Waals surface area contributed by atoms with Crippen LogP contribution in [-0.4, -0.2) is 15.7 Å². The van der Waals surface area contributed by atoms with Gasteiger partial charge in [-0.05, 0) is 53.7 Å². The highest BCUT2D eigenvalue weighted by Crippen LogP contribution is 2.39. The van der Waals surface area contributed by atoms with Crippen molar-refractivity contribution in [2.24, 2.45) is 0 Å². The van der Waals surface area contributed by atoms with Crippen LogP contribution in [0, 0.1) is 5.82 Å². The number of carbonyl (C=O) groups is 2. The second-order valence-electron chi connectivity index (χ2n) is 7.33. The number of halogens is 2. The van der Waals surface area contributed by atoms with Gasteiger partial charge in [0, 0.05) is 29.2 Å². The van der Waals surface area contributed by atoms with Crippen molar-refractivity contribution in [1.29, 1.82) is 0 Å². The second kappa shape index (κ2) is 8.30. The van der Waals surface area contributed by atoms with E-state index in [0.29, 0.717) is 22.2 Å². The van der Waals surface area contributed by atoms with Gasteiger partial charge in [-0.15, -0.1) is 0 Å². The minimum absolute atomic E-state index is 0.285. The van der Waals surface area contributed by atoms with Crippen LogP contribution in [0.2, 0.25) is 5.02 Å². The van der Waals surface area contributed by atoms with Gasteiger partial charge >= 0.3 is 0 Å². The smallest absolute Gasteiger partial charge is 0.298 e. The summed E-state index contributed by atoms with van der Waals surface area (Å²) in [5.74, 6) is -0.692. The van der Waals surface area contributed by atoms with Crippen LogP contribution in [0.1, 0.15) is 11.1 Å². The molecule has 7 heteroatoms. The Morgan fingerprint density at radius 1 is 0.969 bits per heavy atom. The van der Waals surface area contributed by atoms with Crippen LogP contribution in [0.25, 0.3) is 17.0 Å². The van der Waals surface area contributed by atoms with Crippen molar-refractivity contribution >= 4 is 57.2 Å². The number of para-hydroxylation sites is 2. The first-order chi connectivity index (χ1) is 15.5. The second-order valence-corrected chi connectivity index (χ2v) is 8.73. The average Bonchev–Trinajstić information content (AvgIpc) is 3.26. The highest BCUT2D eigenvalue weighted by atomic mass is 35.5. The van der Waals surface area contributed by atoms with E-state index < -0.39 is 11.1 Å². The standard InChI is InChI=1S/C25H16ClFN2O2S/c26-20-9-2-4-11-22(20)29-24(30)23(32-25(29)31)13-17-15-28(21-10-3-1-8-19(17)21)14-16-6-5-7-18(27)12-16/h1-13,15H,14H2/b23-13-. The van der Waals surface area contributed by atoms with Gasteiger partial charge in [-0.3, -0.25) is 9.59 Å². The molecular weight excluding hydrogens is 447 g/mol. The third-order valence-electron chi connectivity index (χ3n) is 5.24. The number of hydrogen-bond donors (Lipinski definition) is 0. The molecule has 0 spiro atoms. The number of carbonyl (C=O) groups excluding carboxylic acids is 2. The van der Waals surface area contributed by atoms with Crippen LogP contribution >= 0.6 is 23.4 Å². The summed E-state index contributed by atoms with van der Waals surface area (Å²) in [5, 5.41) is 0.883. The minimum Gasteiger partial charge on any atom is -0.342 e. The first-order valence-corrected chi connectivity index (χ1v) is 11.1. The van der Waals surface area contributed by atoms with E-state index in [1.165, 1.54) is 12.1 Å². The van der Waals surface area contributed by atoms with Crippen LogP contribution < -0.4 is 4.90 Å². The summed E-state index contributed by atoms with van der Waals surface area (Å²) in [5.41, 5.74) is 2.96. The van der Waals surface area contributed by atoms with E-state index in [4.69, 9.17) is 11.6 Å². The van der Waals surface area contributed by atoms with Gasteiger partial charge in [-0.25, -0.2) is 9.29 Å². The molecule has 32 heavy (non-hydrogen) atoms. The lowest BCUT2D eigenvalue weighted by Gasteiger charge is -2.13. The summed E-state index contributed by atoms with van der Waals surface area (Å²) in [6, 6.07) is 21.0. The van der Waals surface area contributed by atoms with Gasteiger partial charge in [0.1, 0.15) is 5.82 Å². The molecule has 1 aromatic heterocycles. The molecule has 1 aliphatic rings. The Morgan fingerprint density at radius 3 is 2.56 bits per heavy atom. The Balaban J connectivity index is 1.53. The normalized spacial score (nSPS) is 15.3. The molecule has 1 aliphatic heterocycles. The highest BCUT2D eigenvalue weighted by molar-refractivity contribution is 8.19. The quantitative estimate of drug-likeness (QED) is 0.316. The number of hydrogen-bond acceptors (Lipinski definition) is 3. The van der Waals surface area contributed by atoms with Crippen LogP contribution in [-0.2, 0) is 11.3 Å². The number of thioether (sulfide) groups is 1. The molecule has 0 bridgehead atoms. The Hall–Kier alpha value is -3.35. The molecular formula is C25H16ClFN2O2S. The number of anilines is 1. The van der Waals surface area contributed by atoms with Crippen molar-refractivity contribution in [3.63, 3.8) is 0 Å². The minimum atomic E-state index is -0.407. The zero-order valence-electron chi connectivity index (χ0n) is 16.7. The van der Waals surface area contributed by atoms with Crippen LogP contribution in [0.4, 0.5) is 14.9 Å². The zero-order valence-corrected chi connectivity index (χ0v) is 18.2. The van der Waals surface area contributed by atoms with Gasteiger partial charge in [0.2, 0.25) is 0 Å². The van der Waals surface area contributed by atoms with Crippen LogP contribution in [0.15, 0.2) is 83.9 Å². The molecule has 1 fully saturated rings. The number of rotatable bonds is 4. The van der Waals surface area contributed by atoms with Crippen molar-refractivity contribution in [3.05, 3.63) is 106 Å². The van der Waals surface area contributed by atoms with E-state index >= 15 is 0 Å². The van der Waals surface area contributed by atoms with E-state index in [-0.39, 0.29) is 5.82 Å². The monoisotopic (exact) mass is 462 g/mol. The van der Waals surface area contributed by atoms with Gasteiger partial charge in [-0.2, -0.15) is 0 Å². The molecule has 5 rings (SSSR count). The topological polar surface area (TPSA) is 42.3 Å². The Labute approximate surface area is 192 Å². The highest BCUT2D eigenvalue weighted by Gasteiger charge is 2.37. The molecule has 0 unspecified atom stereocenters. The fourth-order valence-electron chi connectivity index (χ4n) is 3.80. The maximum Gasteiger partial charge on any atom is 0.298 e. The molecule has 158 valence electrons. The number of fused-ring (bicyclic) bond motifs is 1. The number of nitrogens with zero attached hydrogens (tertiary/aromatic N) is 2. The van der Waals surface area contributed by atoms with Gasteiger partial charge in [0.15, 0.2) is 0 Å². The van der Waals surface area contributed by atoms with Crippen molar-refractivity contribution < 1.29 is 14.0 Å². The summed E-state index contributed by atoms with van der Waals surface area (Å²) in [6.45, 7) is 0.479. The molecule has 3 aromatic carbocycles. The molecule has 0 N–H and O–H groups in total. The van der Waals surface area contributed by atoms with Gasteiger partial charge in [0.05, 0.1) is 15.6 Å². The lowest BCUT2D eigenvalue weighted by molar-refractivity contribution is -0.113. The molecule has 2 amide bonds. The first kappa shape index (κ1) is 20.5. The molecule has 1 saturated heterocycles. The summed E-state index contributed by atoms with van der Waals surface area (Å²) in [7, 11) is 0. The Bertz CT molecular complexity index is 1410. The summed E-state index contributed by atoms with van der Waals surface area (Å²) >= 11 is 7.09. The number of aromatic nitrogens is 1. The van der Waals surface area contributed by atoms with Gasteiger partial charge < -0.3 is 4.57 Å². The van der Waals surface area contributed by atoms with E-state index in [9.17, 15) is 14.0 Å². The van der Waals surface area contributed by atoms with E-state index in [1.807, 2.05) is 41.1 Å².